The van der Waals surface area contributed by atoms with E-state index in [4.69, 9.17) is 35.4 Å². The van der Waals surface area contributed by atoms with Gasteiger partial charge in [0.2, 0.25) is 0 Å². The summed E-state index contributed by atoms with van der Waals surface area (Å²) < 4.78 is 0. The first-order valence-corrected chi connectivity index (χ1v) is 5.20. The SMILES string of the molecule is CCCCCCCC(=O)O.O=C(O)O.O=[N+]([O-])O. The number of unbranched alkanes of at least 4 members (excludes halogenated alkanes) is 4. The molecule has 0 aliphatic heterocycles. The largest absolute Gasteiger partial charge is 0.503 e. The van der Waals surface area contributed by atoms with Crippen molar-refractivity contribution in [2.24, 2.45) is 0 Å². The standard InChI is InChI=1S/C8H16O2.CH2O3.HNO3/c1-2-3-4-5-6-7-8(9)10;2*2-1(3)4/h2-7H2,1H3,(H,9,10);(H2,2,3,4);(H,2,3,4). The summed E-state index contributed by atoms with van der Waals surface area (Å²) in [4.78, 5) is 26.9. The van der Waals surface area contributed by atoms with E-state index in [0.717, 1.165) is 12.8 Å². The summed E-state index contributed by atoms with van der Waals surface area (Å²) in [5, 5.41) is 35.9. The Labute approximate surface area is 104 Å². The molecule has 0 aromatic heterocycles. The fourth-order valence-corrected chi connectivity index (χ4v) is 0.880. The summed E-state index contributed by atoms with van der Waals surface area (Å²) in [7, 11) is 0. The molecule has 0 aromatic rings. The van der Waals surface area contributed by atoms with Crippen molar-refractivity contribution in [1.29, 1.82) is 0 Å². The monoisotopic (exact) mass is 269 g/mol. The molecule has 0 aliphatic carbocycles. The molecule has 0 unspecified atom stereocenters. The van der Waals surface area contributed by atoms with Crippen LogP contribution in [0.2, 0.25) is 0 Å². The van der Waals surface area contributed by atoms with E-state index >= 15 is 0 Å². The van der Waals surface area contributed by atoms with Crippen LogP contribution in [0.5, 0.6) is 0 Å². The highest BCUT2D eigenvalue weighted by atomic mass is 16.9. The number of carboxylic acid groups (broad SMARTS) is 3. The summed E-state index contributed by atoms with van der Waals surface area (Å²) in [6, 6.07) is 0. The zero-order valence-electron chi connectivity index (χ0n) is 10.1. The second-order valence-corrected chi connectivity index (χ2v) is 3.08. The van der Waals surface area contributed by atoms with Crippen molar-refractivity contribution in [1.82, 2.24) is 0 Å². The maximum atomic E-state index is 10.0. The normalized spacial score (nSPS) is 8.06. The van der Waals surface area contributed by atoms with E-state index in [1.165, 1.54) is 19.3 Å². The van der Waals surface area contributed by atoms with Gasteiger partial charge in [-0.2, -0.15) is 0 Å². The molecule has 0 bridgehead atoms. The number of carboxylic acids is 1. The molecule has 0 saturated carbocycles. The lowest BCUT2D eigenvalue weighted by atomic mass is 10.1. The zero-order chi connectivity index (χ0) is 15.0. The van der Waals surface area contributed by atoms with Crippen molar-refractivity contribution in [3.05, 3.63) is 10.1 Å². The average Bonchev–Trinajstić information content (AvgIpc) is 2.15. The van der Waals surface area contributed by atoms with Gasteiger partial charge in [0, 0.05) is 6.42 Å². The minimum Gasteiger partial charge on any atom is -0.481 e. The molecule has 0 spiro atoms. The number of carbonyl (C=O) groups is 2. The molecule has 108 valence electrons. The van der Waals surface area contributed by atoms with Gasteiger partial charge in [0.25, 0.3) is 5.09 Å². The Morgan fingerprint density at radius 2 is 1.39 bits per heavy atom. The quantitative estimate of drug-likeness (QED) is 0.324. The molecule has 9 nitrogen and oxygen atoms in total. The lowest BCUT2D eigenvalue weighted by Crippen LogP contribution is -1.93. The summed E-state index contributed by atoms with van der Waals surface area (Å²) in [5.74, 6) is -0.670. The molecular formula is C9H19NO8. The van der Waals surface area contributed by atoms with Crippen molar-refractivity contribution in [3.8, 4) is 0 Å². The van der Waals surface area contributed by atoms with Crippen LogP contribution < -0.4 is 0 Å². The highest BCUT2D eigenvalue weighted by molar-refractivity contribution is 5.66. The van der Waals surface area contributed by atoms with E-state index in [-0.39, 0.29) is 0 Å². The molecule has 0 aromatic carbocycles. The molecule has 0 rings (SSSR count). The van der Waals surface area contributed by atoms with Crippen LogP contribution in [0.4, 0.5) is 4.79 Å². The van der Waals surface area contributed by atoms with Crippen molar-refractivity contribution >= 4 is 12.1 Å². The summed E-state index contributed by atoms with van der Waals surface area (Å²) in [6.07, 6.45) is 4.05. The third kappa shape index (κ3) is 95.6. The predicted octanol–water partition coefficient (Wildman–Crippen LogP) is 2.31. The molecule has 0 amide bonds. The Bertz CT molecular complexity index is 211. The predicted molar refractivity (Wildman–Crippen MR) is 60.4 cm³/mol. The van der Waals surface area contributed by atoms with Crippen LogP contribution in [-0.4, -0.2) is 37.7 Å². The maximum absolute atomic E-state index is 10.0. The molecule has 0 radical (unpaired) electrons. The fourth-order valence-electron chi connectivity index (χ4n) is 0.880. The third-order valence-corrected chi connectivity index (χ3v) is 1.49. The number of aliphatic carboxylic acids is 1. The minimum absolute atomic E-state index is 0.337. The van der Waals surface area contributed by atoms with Gasteiger partial charge in [0.1, 0.15) is 0 Å². The van der Waals surface area contributed by atoms with Gasteiger partial charge in [-0.1, -0.05) is 32.6 Å². The van der Waals surface area contributed by atoms with Crippen LogP contribution in [0.1, 0.15) is 45.4 Å². The Morgan fingerprint density at radius 1 is 1.06 bits per heavy atom. The van der Waals surface area contributed by atoms with E-state index < -0.39 is 17.2 Å². The van der Waals surface area contributed by atoms with E-state index in [0.29, 0.717) is 6.42 Å². The van der Waals surface area contributed by atoms with Gasteiger partial charge < -0.3 is 20.5 Å². The number of nitrogens with zero attached hydrogens (tertiary/aromatic N) is 1. The van der Waals surface area contributed by atoms with Crippen LogP contribution in [0, 0.1) is 10.1 Å². The highest BCUT2D eigenvalue weighted by Gasteiger charge is 1.94. The van der Waals surface area contributed by atoms with Crippen molar-refractivity contribution < 1.29 is 35.2 Å². The van der Waals surface area contributed by atoms with Crippen molar-refractivity contribution in [2.45, 2.75) is 45.4 Å². The van der Waals surface area contributed by atoms with Crippen LogP contribution in [0.3, 0.4) is 0 Å². The Kier molecular flexibility index (Phi) is 20.5. The van der Waals surface area contributed by atoms with Gasteiger partial charge in [-0.3, -0.25) is 4.79 Å². The van der Waals surface area contributed by atoms with Gasteiger partial charge in [0.15, 0.2) is 0 Å². The first kappa shape index (κ1) is 21.2. The van der Waals surface area contributed by atoms with E-state index in [1.807, 2.05) is 0 Å². The topological polar surface area (TPSA) is 158 Å². The van der Waals surface area contributed by atoms with Crippen LogP contribution in [-0.2, 0) is 4.79 Å². The van der Waals surface area contributed by atoms with Crippen LogP contribution >= 0.6 is 0 Å². The third-order valence-electron chi connectivity index (χ3n) is 1.49. The summed E-state index contributed by atoms with van der Waals surface area (Å²) >= 11 is 0. The molecule has 0 atom stereocenters. The second-order valence-electron chi connectivity index (χ2n) is 3.08. The molecule has 0 saturated heterocycles. The first-order chi connectivity index (χ1) is 8.23. The van der Waals surface area contributed by atoms with Gasteiger partial charge in [0.05, 0.1) is 0 Å². The highest BCUT2D eigenvalue weighted by Crippen LogP contribution is 2.04. The van der Waals surface area contributed by atoms with Gasteiger partial charge >= 0.3 is 12.1 Å². The molecule has 0 heterocycles. The average molecular weight is 269 g/mol. The van der Waals surface area contributed by atoms with Gasteiger partial charge in [-0.15, -0.1) is 10.1 Å². The van der Waals surface area contributed by atoms with E-state index in [9.17, 15) is 4.79 Å². The van der Waals surface area contributed by atoms with Crippen LogP contribution in [0.15, 0.2) is 0 Å². The van der Waals surface area contributed by atoms with E-state index in [2.05, 4.69) is 6.92 Å². The summed E-state index contributed by atoms with van der Waals surface area (Å²) in [5.41, 5.74) is 0. The number of rotatable bonds is 6. The molecule has 9 heteroatoms. The van der Waals surface area contributed by atoms with Gasteiger partial charge in [-0.25, -0.2) is 4.79 Å². The van der Waals surface area contributed by atoms with E-state index in [1.54, 1.807) is 0 Å². The summed E-state index contributed by atoms with van der Waals surface area (Å²) in [6.45, 7) is 2.15. The number of hydrogen-bond donors (Lipinski definition) is 4. The molecule has 0 aliphatic rings. The molecule has 18 heavy (non-hydrogen) atoms. The Morgan fingerprint density at radius 3 is 1.67 bits per heavy atom. The molecular weight excluding hydrogens is 250 g/mol. The fraction of sp³-hybridized carbons (Fsp3) is 0.778. The minimum atomic E-state index is -1.83. The van der Waals surface area contributed by atoms with Crippen molar-refractivity contribution in [3.63, 3.8) is 0 Å². The molecule has 4 N–H and O–H groups in total. The van der Waals surface area contributed by atoms with Crippen molar-refractivity contribution in [2.75, 3.05) is 0 Å². The zero-order valence-corrected chi connectivity index (χ0v) is 10.1. The Hall–Kier alpha value is -2.06. The second kappa shape index (κ2) is 17.3. The lowest BCUT2D eigenvalue weighted by molar-refractivity contribution is -0.742. The smallest absolute Gasteiger partial charge is 0.481 e. The Balaban J connectivity index is -0.000000233. The maximum Gasteiger partial charge on any atom is 0.503 e. The number of hydrogen-bond acceptors (Lipinski definition) is 4. The first-order valence-electron chi connectivity index (χ1n) is 5.20. The van der Waals surface area contributed by atoms with Crippen LogP contribution in [0.25, 0.3) is 0 Å². The lowest BCUT2D eigenvalue weighted by Gasteiger charge is -1.95. The van der Waals surface area contributed by atoms with Gasteiger partial charge in [-0.05, 0) is 6.42 Å². The molecule has 0 fully saturated rings.